The Kier molecular flexibility index (Phi) is 4.94. The van der Waals surface area contributed by atoms with Crippen LogP contribution in [0.4, 0.5) is 4.39 Å². The van der Waals surface area contributed by atoms with E-state index in [0.717, 1.165) is 6.26 Å². The number of hydrogen-bond acceptors (Lipinski definition) is 3. The summed E-state index contributed by atoms with van der Waals surface area (Å²) in [5, 5.41) is 0. The summed E-state index contributed by atoms with van der Waals surface area (Å²) >= 11 is 0. The highest BCUT2D eigenvalue weighted by Gasteiger charge is 1.99. The van der Waals surface area contributed by atoms with Gasteiger partial charge >= 0.3 is 0 Å². The molecule has 0 bridgehead atoms. The lowest BCUT2D eigenvalue weighted by atomic mass is 10.3. The fourth-order valence-corrected chi connectivity index (χ4v) is 1.29. The van der Waals surface area contributed by atoms with Crippen molar-refractivity contribution < 1.29 is 17.5 Å². The molecule has 0 aliphatic heterocycles. The Morgan fingerprint density at radius 3 is 2.71 bits per heavy atom. The lowest BCUT2D eigenvalue weighted by molar-refractivity contribution is 0.348. The number of ether oxygens (including phenoxy) is 1. The van der Waals surface area contributed by atoms with E-state index in [9.17, 15) is 12.8 Å². The van der Waals surface area contributed by atoms with E-state index < -0.39 is 15.8 Å². The average molecular weight is 257 g/mol. The molecule has 0 atom stereocenters. The molecule has 0 aliphatic carbocycles. The average Bonchev–Trinajstić information content (AvgIpc) is 2.24. The fraction of sp³-hybridized carbons (Fsp3) is 0.273. The Balaban J connectivity index is 2.34. The van der Waals surface area contributed by atoms with Crippen LogP contribution in [-0.4, -0.2) is 27.8 Å². The van der Waals surface area contributed by atoms with E-state index >= 15 is 0 Å². The van der Waals surface area contributed by atoms with Crippen LogP contribution >= 0.6 is 0 Å². The van der Waals surface area contributed by atoms with Gasteiger partial charge in [-0.05, 0) is 12.1 Å². The van der Waals surface area contributed by atoms with Crippen LogP contribution in [0.15, 0.2) is 24.3 Å². The van der Waals surface area contributed by atoms with Gasteiger partial charge < -0.3 is 4.74 Å². The zero-order valence-corrected chi connectivity index (χ0v) is 10.1. The van der Waals surface area contributed by atoms with Crippen molar-refractivity contribution in [1.82, 2.24) is 4.72 Å². The standard InChI is InChI=1S/C11H12FNO3S/c1-17(14,15)13-8-4-5-9-16-11-7-3-2-6-10(11)12/h2-3,6-7,13H,8-9H2,1H3. The SMILES string of the molecule is CS(=O)(=O)NCC#CCOc1ccccc1F. The third-order valence-electron chi connectivity index (χ3n) is 1.68. The molecular formula is C11H12FNO3S. The molecule has 0 spiro atoms. The zero-order chi connectivity index (χ0) is 12.7. The van der Waals surface area contributed by atoms with Crippen molar-refractivity contribution >= 4 is 10.0 Å². The molecule has 0 saturated heterocycles. The lowest BCUT2D eigenvalue weighted by Gasteiger charge is -2.01. The summed E-state index contributed by atoms with van der Waals surface area (Å²) in [7, 11) is -3.22. The third kappa shape index (κ3) is 5.90. The van der Waals surface area contributed by atoms with Crippen molar-refractivity contribution in [3.8, 4) is 17.6 Å². The summed E-state index contributed by atoms with van der Waals surface area (Å²) in [6.45, 7) is 0.0197. The van der Waals surface area contributed by atoms with Crippen molar-refractivity contribution in [2.45, 2.75) is 0 Å². The van der Waals surface area contributed by atoms with Gasteiger partial charge in [-0.1, -0.05) is 24.0 Å². The van der Waals surface area contributed by atoms with Gasteiger partial charge in [0.15, 0.2) is 11.6 Å². The largest absolute Gasteiger partial charge is 0.478 e. The van der Waals surface area contributed by atoms with Crippen molar-refractivity contribution in [2.75, 3.05) is 19.4 Å². The molecule has 1 rings (SSSR count). The van der Waals surface area contributed by atoms with Crippen molar-refractivity contribution in [1.29, 1.82) is 0 Å². The molecule has 0 heterocycles. The van der Waals surface area contributed by atoms with E-state index in [1.165, 1.54) is 12.1 Å². The zero-order valence-electron chi connectivity index (χ0n) is 9.23. The van der Waals surface area contributed by atoms with E-state index in [0.29, 0.717) is 0 Å². The van der Waals surface area contributed by atoms with Gasteiger partial charge in [0.1, 0.15) is 6.61 Å². The number of rotatable bonds is 4. The molecular weight excluding hydrogens is 245 g/mol. The Morgan fingerprint density at radius 2 is 2.06 bits per heavy atom. The maximum absolute atomic E-state index is 13.1. The highest BCUT2D eigenvalue weighted by atomic mass is 32.2. The summed E-state index contributed by atoms with van der Waals surface area (Å²) in [4.78, 5) is 0. The van der Waals surface area contributed by atoms with Crippen molar-refractivity contribution in [3.63, 3.8) is 0 Å². The summed E-state index contributed by atoms with van der Waals surface area (Å²) in [5.74, 6) is 4.78. The molecule has 0 aromatic heterocycles. The first kappa shape index (κ1) is 13.5. The molecule has 92 valence electrons. The van der Waals surface area contributed by atoms with E-state index in [-0.39, 0.29) is 18.9 Å². The van der Waals surface area contributed by atoms with Crippen LogP contribution in [-0.2, 0) is 10.0 Å². The molecule has 0 fully saturated rings. The van der Waals surface area contributed by atoms with Crippen molar-refractivity contribution in [3.05, 3.63) is 30.1 Å². The second-order valence-electron chi connectivity index (χ2n) is 3.17. The molecule has 1 N–H and O–H groups in total. The number of halogens is 1. The van der Waals surface area contributed by atoms with Gasteiger partial charge in [-0.25, -0.2) is 17.5 Å². The molecule has 1 aromatic rings. The van der Waals surface area contributed by atoms with Gasteiger partial charge in [-0.15, -0.1) is 0 Å². The summed E-state index contributed by atoms with van der Waals surface area (Å²) in [5.41, 5.74) is 0. The molecule has 1 aromatic carbocycles. The molecule has 0 unspecified atom stereocenters. The molecule has 17 heavy (non-hydrogen) atoms. The quantitative estimate of drug-likeness (QED) is 0.810. The van der Waals surface area contributed by atoms with Gasteiger partial charge in [-0.2, -0.15) is 0 Å². The smallest absolute Gasteiger partial charge is 0.209 e. The van der Waals surface area contributed by atoms with Crippen LogP contribution < -0.4 is 9.46 Å². The first-order chi connectivity index (χ1) is 7.99. The van der Waals surface area contributed by atoms with E-state index in [2.05, 4.69) is 16.6 Å². The predicted octanol–water partition coefficient (Wildman–Crippen LogP) is 0.757. The minimum atomic E-state index is -3.22. The Labute approximate surface area is 99.8 Å². The Hall–Kier alpha value is -1.58. The number of para-hydroxylation sites is 1. The lowest BCUT2D eigenvalue weighted by Crippen LogP contribution is -2.21. The molecule has 0 saturated carbocycles. The monoisotopic (exact) mass is 257 g/mol. The third-order valence-corrected chi connectivity index (χ3v) is 2.35. The van der Waals surface area contributed by atoms with Crippen molar-refractivity contribution in [2.24, 2.45) is 0 Å². The fourth-order valence-electron chi connectivity index (χ4n) is 0.956. The van der Waals surface area contributed by atoms with E-state index in [1.807, 2.05) is 0 Å². The summed E-state index contributed by atoms with van der Waals surface area (Å²) in [6, 6.07) is 5.99. The molecule has 0 amide bonds. The van der Waals surface area contributed by atoms with Gasteiger partial charge in [0.2, 0.25) is 10.0 Å². The number of sulfonamides is 1. The van der Waals surface area contributed by atoms with Crippen LogP contribution in [0.25, 0.3) is 0 Å². The van der Waals surface area contributed by atoms with Gasteiger partial charge in [-0.3, -0.25) is 0 Å². The highest BCUT2D eigenvalue weighted by molar-refractivity contribution is 7.88. The minimum absolute atomic E-state index is 0.00632. The predicted molar refractivity (Wildman–Crippen MR) is 62.5 cm³/mol. The Bertz CT molecular complexity index is 531. The maximum Gasteiger partial charge on any atom is 0.209 e. The molecule has 0 aliphatic rings. The normalized spacial score (nSPS) is 10.5. The number of hydrogen-bond donors (Lipinski definition) is 1. The van der Waals surface area contributed by atoms with E-state index in [1.54, 1.807) is 12.1 Å². The first-order valence-corrected chi connectivity index (χ1v) is 6.66. The maximum atomic E-state index is 13.1. The van der Waals surface area contributed by atoms with Crippen LogP contribution in [0.1, 0.15) is 0 Å². The Morgan fingerprint density at radius 1 is 1.35 bits per heavy atom. The van der Waals surface area contributed by atoms with Crippen LogP contribution in [0.3, 0.4) is 0 Å². The van der Waals surface area contributed by atoms with E-state index in [4.69, 9.17) is 4.74 Å². The topological polar surface area (TPSA) is 55.4 Å². The first-order valence-electron chi connectivity index (χ1n) is 4.77. The van der Waals surface area contributed by atoms with Crippen LogP contribution in [0.5, 0.6) is 5.75 Å². The molecule has 4 nitrogen and oxygen atoms in total. The van der Waals surface area contributed by atoms with Gasteiger partial charge in [0.25, 0.3) is 0 Å². The highest BCUT2D eigenvalue weighted by Crippen LogP contribution is 2.14. The molecule has 0 radical (unpaired) electrons. The number of nitrogens with one attached hydrogen (secondary N) is 1. The second kappa shape index (κ2) is 6.23. The summed E-state index contributed by atoms with van der Waals surface area (Å²) < 4.78 is 41.6. The summed E-state index contributed by atoms with van der Waals surface area (Å²) in [6.07, 6.45) is 1.05. The van der Waals surface area contributed by atoms with Gasteiger partial charge in [0, 0.05) is 0 Å². The van der Waals surface area contributed by atoms with Crippen LogP contribution in [0.2, 0.25) is 0 Å². The second-order valence-corrected chi connectivity index (χ2v) is 5.00. The number of benzene rings is 1. The minimum Gasteiger partial charge on any atom is -0.478 e. The molecule has 6 heteroatoms. The van der Waals surface area contributed by atoms with Gasteiger partial charge in [0.05, 0.1) is 12.8 Å². The van der Waals surface area contributed by atoms with Crippen LogP contribution in [0, 0.1) is 17.7 Å².